The number of nitrogens with zero attached hydrogens (tertiary/aromatic N) is 3. The molecule has 5 rings (SSSR count). The van der Waals surface area contributed by atoms with Crippen molar-refractivity contribution in [2.45, 2.75) is 29.6 Å². The van der Waals surface area contributed by atoms with Crippen LogP contribution in [0.5, 0.6) is 0 Å². The van der Waals surface area contributed by atoms with Gasteiger partial charge in [0.15, 0.2) is 0 Å². The minimum absolute atomic E-state index is 0.136. The molecule has 2 atom stereocenters. The highest BCUT2D eigenvalue weighted by molar-refractivity contribution is 7.89. The number of carboxylic acid groups (broad SMARTS) is 1. The van der Waals surface area contributed by atoms with Crippen molar-refractivity contribution in [2.75, 3.05) is 0 Å². The summed E-state index contributed by atoms with van der Waals surface area (Å²) in [6.07, 6.45) is -2.51. The fourth-order valence-corrected chi connectivity index (χ4v) is 5.48. The Morgan fingerprint density at radius 2 is 1.94 bits per heavy atom. The predicted octanol–water partition coefficient (Wildman–Crippen LogP) is 2.52. The summed E-state index contributed by atoms with van der Waals surface area (Å²) in [5.74, 6) is -1.08. The lowest BCUT2D eigenvalue weighted by Crippen LogP contribution is -2.29. The summed E-state index contributed by atoms with van der Waals surface area (Å²) in [4.78, 5) is 14.4. The summed E-state index contributed by atoms with van der Waals surface area (Å²) in [6.45, 7) is 0. The number of nitrogens with one attached hydrogen (secondary N) is 1. The molecule has 2 N–H and O–H groups in total. The summed E-state index contributed by atoms with van der Waals surface area (Å²) in [5, 5.41) is 16.8. The maximum absolute atomic E-state index is 13.1. The van der Waals surface area contributed by atoms with Gasteiger partial charge in [-0.1, -0.05) is 12.1 Å². The second kappa shape index (κ2) is 6.37. The lowest BCUT2D eigenvalue weighted by molar-refractivity contribution is -0.141. The van der Waals surface area contributed by atoms with Gasteiger partial charge in [-0.2, -0.15) is 30.8 Å². The molecule has 2 aromatic heterocycles. The van der Waals surface area contributed by atoms with E-state index >= 15 is 0 Å². The minimum atomic E-state index is -4.69. The van der Waals surface area contributed by atoms with Gasteiger partial charge in [-0.25, -0.2) is 4.79 Å². The van der Waals surface area contributed by atoms with Crippen LogP contribution in [-0.2, 0) is 22.6 Å². The lowest BCUT2D eigenvalue weighted by Gasteiger charge is -2.23. The Morgan fingerprint density at radius 1 is 1.16 bits per heavy atom. The molecular formula is C19H13F3N4O4S. The number of alkyl halides is 3. The van der Waals surface area contributed by atoms with Crippen LogP contribution in [0.25, 0.3) is 0 Å². The monoisotopic (exact) mass is 450 g/mol. The number of rotatable bonds is 3. The molecule has 160 valence electrons. The van der Waals surface area contributed by atoms with Crippen LogP contribution >= 0.6 is 0 Å². The van der Waals surface area contributed by atoms with Crippen LogP contribution < -0.4 is 5.32 Å². The maximum atomic E-state index is 13.1. The van der Waals surface area contributed by atoms with Crippen molar-refractivity contribution in [1.82, 2.24) is 19.5 Å². The number of benzene rings is 1. The van der Waals surface area contributed by atoms with Gasteiger partial charge in [0.25, 0.3) is 10.0 Å². The molecule has 0 saturated heterocycles. The summed E-state index contributed by atoms with van der Waals surface area (Å²) < 4.78 is 65.2. The fraction of sp³-hybridized carbons (Fsp3) is 0.211. The average Bonchev–Trinajstić information content (AvgIpc) is 3.28. The lowest BCUT2D eigenvalue weighted by atomic mass is 9.96. The highest BCUT2D eigenvalue weighted by atomic mass is 32.2. The first kappa shape index (κ1) is 19.7. The van der Waals surface area contributed by atoms with E-state index in [0.717, 1.165) is 15.7 Å². The van der Waals surface area contributed by atoms with Gasteiger partial charge in [0.1, 0.15) is 10.6 Å². The van der Waals surface area contributed by atoms with Gasteiger partial charge in [0.2, 0.25) is 0 Å². The molecule has 31 heavy (non-hydrogen) atoms. The summed E-state index contributed by atoms with van der Waals surface area (Å²) in [5.41, 5.74) is 1.18. The van der Waals surface area contributed by atoms with Crippen molar-refractivity contribution in [2.24, 2.45) is 0 Å². The third-order valence-electron chi connectivity index (χ3n) is 5.52. The van der Waals surface area contributed by atoms with Crippen molar-refractivity contribution in [3.8, 4) is 0 Å². The summed E-state index contributed by atoms with van der Waals surface area (Å²) >= 11 is 0. The minimum Gasteiger partial charge on any atom is -0.478 e. The quantitative estimate of drug-likeness (QED) is 0.630. The van der Waals surface area contributed by atoms with E-state index in [0.29, 0.717) is 29.1 Å². The molecule has 4 heterocycles. The zero-order valence-corrected chi connectivity index (χ0v) is 16.3. The van der Waals surface area contributed by atoms with E-state index in [2.05, 4.69) is 15.4 Å². The molecule has 0 radical (unpaired) electrons. The first-order valence-electron chi connectivity index (χ1n) is 9.07. The number of pyridine rings is 1. The molecule has 1 aromatic carbocycles. The molecule has 2 unspecified atom stereocenters. The van der Waals surface area contributed by atoms with Crippen molar-refractivity contribution in [3.63, 3.8) is 0 Å². The zero-order valence-electron chi connectivity index (χ0n) is 15.5. The molecule has 0 fully saturated rings. The van der Waals surface area contributed by atoms with Crippen molar-refractivity contribution >= 4 is 16.0 Å². The standard InChI is InChI=1S/C19H13F3N4O4S/c20-19(21,22)15-5-4-9(7-23-15)31(29,30)26-14-6-13-16-10(2-1-3-11(16)18(27)28)17(25-13)12(14)8-24-26/h1-5,7-8,13,17,25H,6H2,(H,27,28). The molecule has 8 nitrogen and oxygen atoms in total. The highest BCUT2D eigenvalue weighted by Gasteiger charge is 2.43. The fourth-order valence-electron chi connectivity index (χ4n) is 4.21. The van der Waals surface area contributed by atoms with Gasteiger partial charge in [0.05, 0.1) is 23.5 Å². The van der Waals surface area contributed by atoms with Crippen LogP contribution in [0.15, 0.2) is 47.6 Å². The topological polar surface area (TPSA) is 114 Å². The van der Waals surface area contributed by atoms with Crippen LogP contribution in [0.2, 0.25) is 0 Å². The number of hydrogen-bond donors (Lipinski definition) is 2. The van der Waals surface area contributed by atoms with Crippen LogP contribution in [-0.4, -0.2) is 33.7 Å². The number of hydrogen-bond acceptors (Lipinski definition) is 6. The Hall–Kier alpha value is -3.25. The number of carboxylic acids is 1. The molecule has 12 heteroatoms. The Kier molecular flexibility index (Phi) is 4.05. The molecule has 0 saturated carbocycles. The molecular weight excluding hydrogens is 437 g/mol. The third-order valence-corrected chi connectivity index (χ3v) is 7.13. The van der Waals surface area contributed by atoms with Gasteiger partial charge in [-0.15, -0.1) is 0 Å². The molecule has 0 aliphatic carbocycles. The SMILES string of the molecule is O=C(O)c1cccc2c1C1Cc3c(cnn3S(=O)(=O)c3ccc(C(F)(F)F)nc3)C2N1. The van der Waals surface area contributed by atoms with E-state index in [-0.39, 0.29) is 12.0 Å². The normalized spacial score (nSPS) is 19.7. The third kappa shape index (κ3) is 2.86. The van der Waals surface area contributed by atoms with Crippen LogP contribution in [0.4, 0.5) is 13.2 Å². The van der Waals surface area contributed by atoms with Gasteiger partial charge in [0, 0.05) is 24.2 Å². The van der Waals surface area contributed by atoms with Crippen molar-refractivity contribution in [3.05, 3.63) is 76.4 Å². The molecule has 2 aliphatic heterocycles. The Morgan fingerprint density at radius 3 is 2.58 bits per heavy atom. The van der Waals surface area contributed by atoms with Crippen LogP contribution in [0.1, 0.15) is 50.5 Å². The number of carbonyl (C=O) groups is 1. The first-order chi connectivity index (χ1) is 14.6. The number of fused-ring (bicyclic) bond motifs is 7. The molecule has 3 aromatic rings. The Balaban J connectivity index is 1.58. The molecule has 2 aliphatic rings. The molecule has 0 amide bonds. The van der Waals surface area contributed by atoms with Gasteiger partial charge in [-0.05, 0) is 29.3 Å². The Bertz CT molecular complexity index is 1330. The second-order valence-electron chi connectivity index (χ2n) is 7.24. The number of halogens is 3. The smallest absolute Gasteiger partial charge is 0.433 e. The summed E-state index contributed by atoms with van der Waals surface area (Å²) in [7, 11) is -4.30. The van der Waals surface area contributed by atoms with E-state index < -0.39 is 44.8 Å². The number of aromatic carboxylic acids is 1. The van der Waals surface area contributed by atoms with E-state index in [1.807, 2.05) is 0 Å². The molecule has 0 spiro atoms. The largest absolute Gasteiger partial charge is 0.478 e. The average molecular weight is 450 g/mol. The van der Waals surface area contributed by atoms with Crippen LogP contribution in [0.3, 0.4) is 0 Å². The first-order valence-corrected chi connectivity index (χ1v) is 10.5. The number of aromatic nitrogens is 3. The van der Waals surface area contributed by atoms with Gasteiger partial charge in [-0.3, -0.25) is 10.3 Å². The van der Waals surface area contributed by atoms with Crippen molar-refractivity contribution < 1.29 is 31.5 Å². The van der Waals surface area contributed by atoms with Gasteiger partial charge >= 0.3 is 12.1 Å². The Labute approximate surface area is 173 Å². The summed E-state index contributed by atoms with van der Waals surface area (Å²) in [6, 6.07) is 5.47. The van der Waals surface area contributed by atoms with E-state index in [9.17, 15) is 31.5 Å². The maximum Gasteiger partial charge on any atom is 0.433 e. The van der Waals surface area contributed by atoms with E-state index in [1.165, 1.54) is 12.3 Å². The second-order valence-corrected chi connectivity index (χ2v) is 9.01. The van der Waals surface area contributed by atoms with E-state index in [1.54, 1.807) is 12.1 Å². The molecule has 2 bridgehead atoms. The van der Waals surface area contributed by atoms with Crippen molar-refractivity contribution in [1.29, 1.82) is 0 Å². The van der Waals surface area contributed by atoms with Gasteiger partial charge < -0.3 is 5.11 Å². The van der Waals surface area contributed by atoms with Crippen LogP contribution in [0, 0.1) is 0 Å². The zero-order chi connectivity index (χ0) is 22.1. The highest BCUT2D eigenvalue weighted by Crippen LogP contribution is 2.46. The predicted molar refractivity (Wildman–Crippen MR) is 98.9 cm³/mol. The van der Waals surface area contributed by atoms with E-state index in [4.69, 9.17) is 0 Å².